The van der Waals surface area contributed by atoms with Gasteiger partial charge in [-0.25, -0.2) is 4.98 Å². The predicted octanol–water partition coefficient (Wildman–Crippen LogP) is 4.35. The van der Waals surface area contributed by atoms with Gasteiger partial charge in [0.15, 0.2) is 0 Å². The van der Waals surface area contributed by atoms with Crippen LogP contribution in [0, 0.1) is 0 Å². The molecule has 0 saturated carbocycles. The molecule has 0 aliphatic heterocycles. The molecule has 0 bridgehead atoms. The van der Waals surface area contributed by atoms with E-state index in [-0.39, 0.29) is 36.8 Å². The Kier molecular flexibility index (Phi) is 10.8. The molecule has 1 aromatic carbocycles. The van der Waals surface area contributed by atoms with Gasteiger partial charge in [0.1, 0.15) is 5.75 Å². The number of hydrogen-bond acceptors (Lipinski definition) is 4. The average Bonchev–Trinajstić information content (AvgIpc) is 2.55. The minimum atomic E-state index is -0.0617. The summed E-state index contributed by atoms with van der Waals surface area (Å²) in [6, 6.07) is 11.4. The molecule has 1 heterocycles. The number of pyridine rings is 1. The van der Waals surface area contributed by atoms with E-state index in [9.17, 15) is 4.79 Å². The van der Waals surface area contributed by atoms with Gasteiger partial charge in [0.25, 0.3) is 0 Å². The highest BCUT2D eigenvalue weighted by Gasteiger charge is 2.05. The highest BCUT2D eigenvalue weighted by atomic mass is 35.5. The van der Waals surface area contributed by atoms with Gasteiger partial charge in [-0.15, -0.1) is 24.8 Å². The minimum Gasteiger partial charge on any atom is -0.439 e. The first-order chi connectivity index (χ1) is 11.1. The van der Waals surface area contributed by atoms with Gasteiger partial charge in [-0.2, -0.15) is 0 Å². The molecule has 7 heteroatoms. The largest absolute Gasteiger partial charge is 0.439 e. The molecular formula is C18H25Cl2N3O2. The van der Waals surface area contributed by atoms with Crippen molar-refractivity contribution >= 4 is 36.4 Å². The van der Waals surface area contributed by atoms with Crippen LogP contribution in [0.5, 0.6) is 11.6 Å². The molecule has 1 unspecified atom stereocenters. The molecule has 0 aliphatic rings. The number of carbonyl (C=O) groups excluding carboxylic acids is 1. The van der Waals surface area contributed by atoms with E-state index in [1.54, 1.807) is 18.3 Å². The van der Waals surface area contributed by atoms with Crippen LogP contribution in [0.25, 0.3) is 0 Å². The Morgan fingerprint density at radius 1 is 1.28 bits per heavy atom. The maximum absolute atomic E-state index is 11.7. The van der Waals surface area contributed by atoms with E-state index in [0.717, 1.165) is 12.2 Å². The highest BCUT2D eigenvalue weighted by molar-refractivity contribution is 5.90. The monoisotopic (exact) mass is 385 g/mol. The second-order valence-electron chi connectivity index (χ2n) is 5.55. The number of nitrogens with one attached hydrogen (secondary N) is 1. The first-order valence-corrected chi connectivity index (χ1v) is 7.85. The van der Waals surface area contributed by atoms with Crippen molar-refractivity contribution < 1.29 is 9.53 Å². The number of nitrogens with zero attached hydrogens (tertiary/aromatic N) is 1. The van der Waals surface area contributed by atoms with Crippen LogP contribution in [0.15, 0.2) is 42.6 Å². The summed E-state index contributed by atoms with van der Waals surface area (Å²) in [5.74, 6) is 1.19. The molecule has 2 rings (SSSR count). The van der Waals surface area contributed by atoms with Crippen molar-refractivity contribution in [3.8, 4) is 11.6 Å². The Bertz CT molecular complexity index is 649. The molecule has 5 nitrogen and oxygen atoms in total. The Morgan fingerprint density at radius 2 is 2.04 bits per heavy atom. The molecule has 138 valence electrons. The number of ether oxygens (including phenoxy) is 1. The van der Waals surface area contributed by atoms with E-state index in [1.807, 2.05) is 25.1 Å². The number of amides is 1. The molecule has 25 heavy (non-hydrogen) atoms. The molecule has 0 aliphatic carbocycles. The summed E-state index contributed by atoms with van der Waals surface area (Å²) in [6.45, 7) is 3.98. The predicted molar refractivity (Wildman–Crippen MR) is 106 cm³/mol. The van der Waals surface area contributed by atoms with Crippen LogP contribution >= 0.6 is 24.8 Å². The van der Waals surface area contributed by atoms with Crippen molar-refractivity contribution in [2.45, 2.75) is 39.2 Å². The fraction of sp³-hybridized carbons (Fsp3) is 0.333. The Labute approximate surface area is 161 Å². The van der Waals surface area contributed by atoms with Crippen LogP contribution < -0.4 is 15.8 Å². The maximum Gasteiger partial charge on any atom is 0.224 e. The fourth-order valence-corrected chi connectivity index (χ4v) is 2.05. The third kappa shape index (κ3) is 8.20. The van der Waals surface area contributed by atoms with E-state index in [4.69, 9.17) is 10.5 Å². The van der Waals surface area contributed by atoms with E-state index in [2.05, 4.69) is 23.3 Å². The smallest absolute Gasteiger partial charge is 0.224 e. The van der Waals surface area contributed by atoms with Crippen molar-refractivity contribution in [3.63, 3.8) is 0 Å². The number of nitrogens with two attached hydrogens (primary N) is 1. The molecule has 0 saturated heterocycles. The zero-order valence-electron chi connectivity index (χ0n) is 14.4. The summed E-state index contributed by atoms with van der Waals surface area (Å²) >= 11 is 0. The van der Waals surface area contributed by atoms with Gasteiger partial charge in [0.2, 0.25) is 11.8 Å². The Hall–Kier alpha value is -1.82. The van der Waals surface area contributed by atoms with E-state index < -0.39 is 0 Å². The summed E-state index contributed by atoms with van der Waals surface area (Å²) in [7, 11) is 0. The standard InChI is InChI=1S/C18H23N3O2.2ClH/c1-3-14-5-4-6-16(11-14)23-18-10-8-15(12-20-18)21-17(22)9-7-13(2)19;;/h4-6,8,10-13H,3,7,9,19H2,1-2H3,(H,21,22);2*1H. The SMILES string of the molecule is CCc1cccc(Oc2ccc(NC(=O)CCC(C)N)cn2)c1.Cl.Cl. The van der Waals surface area contributed by atoms with Crippen molar-refractivity contribution in [2.24, 2.45) is 5.73 Å². The van der Waals surface area contributed by atoms with Crippen molar-refractivity contribution in [1.29, 1.82) is 0 Å². The van der Waals surface area contributed by atoms with Gasteiger partial charge >= 0.3 is 0 Å². The number of anilines is 1. The van der Waals surface area contributed by atoms with E-state index in [0.29, 0.717) is 24.4 Å². The molecule has 1 aromatic heterocycles. The topological polar surface area (TPSA) is 77.2 Å². The quantitative estimate of drug-likeness (QED) is 0.742. The van der Waals surface area contributed by atoms with Crippen molar-refractivity contribution in [2.75, 3.05) is 5.32 Å². The summed E-state index contributed by atoms with van der Waals surface area (Å²) in [5.41, 5.74) is 7.50. The van der Waals surface area contributed by atoms with E-state index in [1.165, 1.54) is 5.56 Å². The highest BCUT2D eigenvalue weighted by Crippen LogP contribution is 2.21. The number of benzene rings is 1. The molecule has 1 atom stereocenters. The first kappa shape index (κ1) is 23.2. The number of hydrogen-bond donors (Lipinski definition) is 2. The van der Waals surface area contributed by atoms with Crippen LogP contribution in [-0.4, -0.2) is 16.9 Å². The lowest BCUT2D eigenvalue weighted by molar-refractivity contribution is -0.116. The van der Waals surface area contributed by atoms with Crippen molar-refractivity contribution in [1.82, 2.24) is 4.98 Å². The minimum absolute atomic E-state index is 0. The number of halogens is 2. The summed E-state index contributed by atoms with van der Waals surface area (Å²) in [4.78, 5) is 16.0. The number of rotatable bonds is 7. The molecule has 1 amide bonds. The lowest BCUT2D eigenvalue weighted by Crippen LogP contribution is -2.19. The lowest BCUT2D eigenvalue weighted by atomic mass is 10.2. The van der Waals surface area contributed by atoms with Crippen LogP contribution in [0.1, 0.15) is 32.3 Å². The summed E-state index contributed by atoms with van der Waals surface area (Å²) < 4.78 is 5.72. The average molecular weight is 386 g/mol. The normalized spacial score (nSPS) is 10.8. The molecule has 0 spiro atoms. The third-order valence-corrected chi connectivity index (χ3v) is 3.38. The van der Waals surface area contributed by atoms with Gasteiger partial charge in [0, 0.05) is 18.5 Å². The van der Waals surface area contributed by atoms with Gasteiger partial charge in [0.05, 0.1) is 11.9 Å². The summed E-state index contributed by atoms with van der Waals surface area (Å²) in [6.07, 6.45) is 3.60. The van der Waals surface area contributed by atoms with Crippen LogP contribution in [0.3, 0.4) is 0 Å². The van der Waals surface area contributed by atoms with Crippen LogP contribution in [0.4, 0.5) is 5.69 Å². The van der Waals surface area contributed by atoms with Gasteiger partial charge < -0.3 is 15.8 Å². The van der Waals surface area contributed by atoms with Gasteiger partial charge in [-0.1, -0.05) is 19.1 Å². The summed E-state index contributed by atoms with van der Waals surface area (Å²) in [5, 5.41) is 2.79. The van der Waals surface area contributed by atoms with Crippen LogP contribution in [-0.2, 0) is 11.2 Å². The van der Waals surface area contributed by atoms with Crippen LogP contribution in [0.2, 0.25) is 0 Å². The fourth-order valence-electron chi connectivity index (χ4n) is 2.05. The molecule has 3 N–H and O–H groups in total. The Balaban J connectivity index is 0.00000288. The van der Waals surface area contributed by atoms with Gasteiger partial charge in [-0.05, 0) is 43.5 Å². The third-order valence-electron chi connectivity index (χ3n) is 3.38. The number of carbonyl (C=O) groups is 1. The first-order valence-electron chi connectivity index (χ1n) is 7.85. The van der Waals surface area contributed by atoms with Gasteiger partial charge in [-0.3, -0.25) is 4.79 Å². The molecule has 2 aromatic rings. The van der Waals surface area contributed by atoms with Crippen molar-refractivity contribution in [3.05, 3.63) is 48.2 Å². The molecular weight excluding hydrogens is 361 g/mol. The maximum atomic E-state index is 11.7. The zero-order chi connectivity index (χ0) is 16.7. The second-order valence-corrected chi connectivity index (χ2v) is 5.55. The second kappa shape index (κ2) is 11.7. The van der Waals surface area contributed by atoms with E-state index >= 15 is 0 Å². The molecule has 0 fully saturated rings. The Morgan fingerprint density at radius 3 is 2.64 bits per heavy atom. The zero-order valence-corrected chi connectivity index (χ0v) is 16.0. The number of aryl methyl sites for hydroxylation is 1. The molecule has 0 radical (unpaired) electrons. The lowest BCUT2D eigenvalue weighted by Gasteiger charge is -2.08. The number of aromatic nitrogens is 1.